The Labute approximate surface area is 180 Å². The first-order valence-corrected chi connectivity index (χ1v) is 10.1. The lowest BCUT2D eigenvalue weighted by Crippen LogP contribution is -2.32. The van der Waals surface area contributed by atoms with Gasteiger partial charge in [0.2, 0.25) is 5.91 Å². The number of aliphatic hydroxyl groups is 1. The highest BCUT2D eigenvalue weighted by atomic mass is 16.5. The number of aromatic nitrogens is 2. The van der Waals surface area contributed by atoms with Crippen LogP contribution in [0.15, 0.2) is 42.6 Å². The molecule has 0 fully saturated rings. The third-order valence-electron chi connectivity index (χ3n) is 5.27. The minimum atomic E-state index is -0.346. The molecule has 3 aromatic rings. The maximum atomic E-state index is 13.0. The first-order valence-electron chi connectivity index (χ1n) is 10.1. The fraction of sp³-hybridized carbons (Fsp3) is 0.304. The Kier molecular flexibility index (Phi) is 6.08. The molecule has 1 atom stereocenters. The molecule has 0 saturated carbocycles. The lowest BCUT2D eigenvalue weighted by molar-refractivity contribution is -0.121. The van der Waals surface area contributed by atoms with E-state index in [1.54, 1.807) is 19.4 Å². The second-order valence-electron chi connectivity index (χ2n) is 7.37. The molecular formula is C23H25N3O5. The number of carbonyl (C=O) groups is 1. The standard InChI is InChI=1S/C23H25N3O5/c1-14-19(12-24-26-14)15-3-5-20(22(11-15)30-8-7-27)25-23(28)17-9-16-10-18(29-2)4-6-21(16)31-13-17/h3-6,10-12,17,27H,7-9,13H2,1-2H3,(H,24,26)(H,25,28)/t17-/m1/s1. The van der Waals surface area contributed by atoms with Gasteiger partial charge in [-0.25, -0.2) is 0 Å². The molecule has 8 nitrogen and oxygen atoms in total. The molecule has 1 aromatic heterocycles. The van der Waals surface area contributed by atoms with Gasteiger partial charge in [-0.15, -0.1) is 0 Å². The van der Waals surface area contributed by atoms with Crippen molar-refractivity contribution in [1.29, 1.82) is 0 Å². The molecule has 1 aliphatic heterocycles. The van der Waals surface area contributed by atoms with Crippen LogP contribution >= 0.6 is 0 Å². The molecule has 3 N–H and O–H groups in total. The highest BCUT2D eigenvalue weighted by Gasteiger charge is 2.27. The number of carbonyl (C=O) groups excluding carboxylic acids is 1. The molecule has 2 aromatic carbocycles. The van der Waals surface area contributed by atoms with Crippen molar-refractivity contribution in [3.8, 4) is 28.4 Å². The minimum Gasteiger partial charge on any atom is -0.497 e. The van der Waals surface area contributed by atoms with Crippen LogP contribution in [0.1, 0.15) is 11.3 Å². The largest absolute Gasteiger partial charge is 0.497 e. The number of hydrogen-bond donors (Lipinski definition) is 3. The van der Waals surface area contributed by atoms with Crippen LogP contribution in [0.4, 0.5) is 5.69 Å². The van der Waals surface area contributed by atoms with Crippen molar-refractivity contribution in [3.63, 3.8) is 0 Å². The molecule has 0 bridgehead atoms. The zero-order chi connectivity index (χ0) is 21.8. The third-order valence-corrected chi connectivity index (χ3v) is 5.27. The predicted molar refractivity (Wildman–Crippen MR) is 116 cm³/mol. The molecule has 0 aliphatic carbocycles. The quantitative estimate of drug-likeness (QED) is 0.540. The van der Waals surface area contributed by atoms with Gasteiger partial charge in [0.1, 0.15) is 30.5 Å². The van der Waals surface area contributed by atoms with Gasteiger partial charge in [0.05, 0.1) is 31.5 Å². The number of amides is 1. The maximum Gasteiger partial charge on any atom is 0.231 e. The predicted octanol–water partition coefficient (Wildman–Crippen LogP) is 2.95. The van der Waals surface area contributed by atoms with E-state index in [-0.39, 0.29) is 25.0 Å². The molecule has 1 aliphatic rings. The van der Waals surface area contributed by atoms with Crippen LogP contribution < -0.4 is 19.5 Å². The van der Waals surface area contributed by atoms with Gasteiger partial charge in [0, 0.05) is 11.3 Å². The summed E-state index contributed by atoms with van der Waals surface area (Å²) < 4.78 is 16.8. The molecule has 31 heavy (non-hydrogen) atoms. The number of aromatic amines is 1. The van der Waals surface area contributed by atoms with E-state index < -0.39 is 0 Å². The highest BCUT2D eigenvalue weighted by molar-refractivity contribution is 5.95. The molecule has 0 radical (unpaired) electrons. The molecule has 162 valence electrons. The van der Waals surface area contributed by atoms with E-state index in [1.807, 2.05) is 37.3 Å². The molecule has 0 unspecified atom stereocenters. The number of anilines is 1. The summed E-state index contributed by atoms with van der Waals surface area (Å²) in [6, 6.07) is 11.1. The lowest BCUT2D eigenvalue weighted by atomic mass is 9.95. The summed E-state index contributed by atoms with van der Waals surface area (Å²) in [5.74, 6) is 1.49. The van der Waals surface area contributed by atoms with E-state index in [0.29, 0.717) is 24.5 Å². The monoisotopic (exact) mass is 423 g/mol. The average molecular weight is 423 g/mol. The number of methoxy groups -OCH3 is 1. The minimum absolute atomic E-state index is 0.121. The van der Waals surface area contributed by atoms with E-state index in [0.717, 1.165) is 33.9 Å². The zero-order valence-corrected chi connectivity index (χ0v) is 17.5. The van der Waals surface area contributed by atoms with Gasteiger partial charge in [-0.1, -0.05) is 6.07 Å². The molecule has 4 rings (SSSR count). The van der Waals surface area contributed by atoms with Gasteiger partial charge < -0.3 is 24.6 Å². The summed E-state index contributed by atoms with van der Waals surface area (Å²) in [4.78, 5) is 13.0. The fourth-order valence-corrected chi connectivity index (χ4v) is 3.61. The molecule has 0 saturated heterocycles. The van der Waals surface area contributed by atoms with Gasteiger partial charge in [0.25, 0.3) is 0 Å². The van der Waals surface area contributed by atoms with Crippen molar-refractivity contribution < 1.29 is 24.1 Å². The number of nitrogens with one attached hydrogen (secondary N) is 2. The molecule has 8 heteroatoms. The number of H-pyrrole nitrogens is 1. The number of fused-ring (bicyclic) bond motifs is 1. The van der Waals surface area contributed by atoms with Gasteiger partial charge in [-0.3, -0.25) is 9.89 Å². The summed E-state index contributed by atoms with van der Waals surface area (Å²) in [5, 5.41) is 19.1. The van der Waals surface area contributed by atoms with Crippen LogP contribution in [0.3, 0.4) is 0 Å². The molecule has 0 spiro atoms. The van der Waals surface area contributed by atoms with Crippen molar-refractivity contribution in [2.45, 2.75) is 13.3 Å². The maximum absolute atomic E-state index is 13.0. The van der Waals surface area contributed by atoms with Gasteiger partial charge in [0.15, 0.2) is 0 Å². The van der Waals surface area contributed by atoms with Crippen molar-refractivity contribution in [1.82, 2.24) is 10.2 Å². The smallest absolute Gasteiger partial charge is 0.231 e. The summed E-state index contributed by atoms with van der Waals surface area (Å²) >= 11 is 0. The van der Waals surface area contributed by atoms with Gasteiger partial charge in [-0.05, 0) is 54.8 Å². The lowest BCUT2D eigenvalue weighted by Gasteiger charge is -2.25. The van der Waals surface area contributed by atoms with Crippen molar-refractivity contribution >= 4 is 11.6 Å². The van der Waals surface area contributed by atoms with E-state index in [9.17, 15) is 9.90 Å². The summed E-state index contributed by atoms with van der Waals surface area (Å²) in [6.45, 7) is 2.22. The third kappa shape index (κ3) is 4.49. The Morgan fingerprint density at radius 1 is 1.32 bits per heavy atom. The van der Waals surface area contributed by atoms with E-state index in [4.69, 9.17) is 14.2 Å². The Morgan fingerprint density at radius 2 is 2.19 bits per heavy atom. The van der Waals surface area contributed by atoms with Crippen LogP contribution in [0.25, 0.3) is 11.1 Å². The van der Waals surface area contributed by atoms with Gasteiger partial charge in [-0.2, -0.15) is 5.10 Å². The van der Waals surface area contributed by atoms with Crippen LogP contribution in [-0.4, -0.2) is 48.1 Å². The SMILES string of the molecule is COc1ccc2c(c1)C[C@@H](C(=O)Nc1ccc(-c3cn[nH]c3C)cc1OCCO)CO2. The van der Waals surface area contributed by atoms with Crippen LogP contribution in [0.5, 0.6) is 17.2 Å². The van der Waals surface area contributed by atoms with E-state index >= 15 is 0 Å². The number of hydrogen-bond acceptors (Lipinski definition) is 6. The first kappa shape index (κ1) is 20.7. The Bertz CT molecular complexity index is 1080. The van der Waals surface area contributed by atoms with Crippen molar-refractivity contribution in [3.05, 3.63) is 53.9 Å². The number of benzene rings is 2. The summed E-state index contributed by atoms with van der Waals surface area (Å²) in [6.07, 6.45) is 2.29. The second-order valence-corrected chi connectivity index (χ2v) is 7.37. The van der Waals surface area contributed by atoms with E-state index in [2.05, 4.69) is 15.5 Å². The topological polar surface area (TPSA) is 106 Å². The molecule has 1 amide bonds. The fourth-order valence-electron chi connectivity index (χ4n) is 3.61. The second kappa shape index (κ2) is 9.09. The number of rotatable bonds is 7. The highest BCUT2D eigenvalue weighted by Crippen LogP contribution is 2.34. The Hall–Kier alpha value is -3.52. The zero-order valence-electron chi connectivity index (χ0n) is 17.5. The van der Waals surface area contributed by atoms with Crippen LogP contribution in [-0.2, 0) is 11.2 Å². The van der Waals surface area contributed by atoms with Crippen LogP contribution in [0.2, 0.25) is 0 Å². The van der Waals surface area contributed by atoms with Crippen molar-refractivity contribution in [2.75, 3.05) is 32.2 Å². The first-order chi connectivity index (χ1) is 15.1. The average Bonchev–Trinajstić information content (AvgIpc) is 3.23. The van der Waals surface area contributed by atoms with Gasteiger partial charge >= 0.3 is 0 Å². The van der Waals surface area contributed by atoms with Crippen molar-refractivity contribution in [2.24, 2.45) is 5.92 Å². The number of ether oxygens (including phenoxy) is 3. The number of nitrogens with zero attached hydrogens (tertiary/aromatic N) is 1. The Balaban J connectivity index is 1.53. The summed E-state index contributed by atoms with van der Waals surface area (Å²) in [7, 11) is 1.61. The van der Waals surface area contributed by atoms with Crippen LogP contribution in [0, 0.1) is 12.8 Å². The number of aliphatic hydroxyl groups excluding tert-OH is 1. The Morgan fingerprint density at radius 3 is 2.94 bits per heavy atom. The summed E-state index contributed by atoms with van der Waals surface area (Å²) in [5.41, 5.74) is 4.25. The number of aryl methyl sites for hydroxylation is 1. The van der Waals surface area contributed by atoms with E-state index in [1.165, 1.54) is 0 Å². The molecular weight excluding hydrogens is 398 g/mol. The molecule has 2 heterocycles. The normalized spacial score (nSPS) is 15.0.